The normalized spacial score (nSPS) is 12.0. The molecule has 80 valence electrons. The Morgan fingerprint density at radius 1 is 1.33 bits per heavy atom. The van der Waals surface area contributed by atoms with Crippen molar-refractivity contribution in [1.29, 1.82) is 0 Å². The third kappa shape index (κ3) is 4.67. The van der Waals surface area contributed by atoms with Crippen molar-refractivity contribution in [2.24, 2.45) is 4.99 Å². The Hall–Kier alpha value is -1.26. The largest absolute Gasteiger partial charge is 0.301 e. The number of hydrogen-bond acceptors (Lipinski definition) is 3. The summed E-state index contributed by atoms with van der Waals surface area (Å²) in [5, 5.41) is 2.84. The van der Waals surface area contributed by atoms with Gasteiger partial charge in [0.1, 0.15) is 0 Å². The Kier molecular flexibility index (Phi) is 5.58. The highest BCUT2D eigenvalue weighted by Crippen LogP contribution is 2.08. The smallest absolute Gasteiger partial charge is 0.175 e. The number of amidine groups is 1. The minimum absolute atomic E-state index is 0.838. The molecule has 1 rings (SSSR count). The molecule has 0 aliphatic carbocycles. The van der Waals surface area contributed by atoms with Gasteiger partial charge in [-0.25, -0.2) is 5.43 Å². The highest BCUT2D eigenvalue weighted by atomic mass is 32.2. The summed E-state index contributed by atoms with van der Waals surface area (Å²) >= 11 is 1.54. The van der Waals surface area contributed by atoms with Crippen LogP contribution < -0.4 is 10.9 Å². The summed E-state index contributed by atoms with van der Waals surface area (Å²) in [5.41, 5.74) is 6.95. The van der Waals surface area contributed by atoms with Crippen LogP contribution in [0.25, 0.3) is 6.08 Å². The van der Waals surface area contributed by atoms with Crippen LogP contribution in [0, 0.1) is 0 Å². The predicted molar refractivity (Wildman–Crippen MR) is 68.6 cm³/mol. The summed E-state index contributed by atoms with van der Waals surface area (Å²) in [5.74, 6) is 0. The van der Waals surface area contributed by atoms with E-state index in [2.05, 4.69) is 28.0 Å². The van der Waals surface area contributed by atoms with Crippen molar-refractivity contribution < 1.29 is 0 Å². The molecule has 1 aromatic carbocycles. The Bertz CT molecular complexity index is 333. The van der Waals surface area contributed by atoms with E-state index in [-0.39, 0.29) is 0 Å². The van der Waals surface area contributed by atoms with Crippen molar-refractivity contribution in [2.45, 2.75) is 0 Å². The average molecular weight is 221 g/mol. The number of benzene rings is 1. The lowest BCUT2D eigenvalue weighted by Crippen LogP contribution is -2.31. The molecule has 0 radical (unpaired) electrons. The third-order valence-electron chi connectivity index (χ3n) is 1.67. The summed E-state index contributed by atoms with van der Waals surface area (Å²) in [7, 11) is 3.57. The average Bonchev–Trinajstić information content (AvgIpc) is 2.29. The maximum absolute atomic E-state index is 4.06. The van der Waals surface area contributed by atoms with Crippen molar-refractivity contribution in [3.63, 3.8) is 0 Å². The third-order valence-corrected chi connectivity index (χ3v) is 2.45. The van der Waals surface area contributed by atoms with Gasteiger partial charge in [-0.15, -0.1) is 0 Å². The van der Waals surface area contributed by atoms with Crippen LogP contribution in [0.15, 0.2) is 40.7 Å². The first-order chi connectivity index (χ1) is 7.36. The molecule has 0 atom stereocenters. The molecule has 0 heterocycles. The van der Waals surface area contributed by atoms with Crippen LogP contribution in [0.1, 0.15) is 5.56 Å². The highest BCUT2D eigenvalue weighted by Gasteiger charge is 1.91. The van der Waals surface area contributed by atoms with Crippen LogP contribution >= 0.6 is 11.8 Å². The molecule has 0 amide bonds. The maximum Gasteiger partial charge on any atom is 0.175 e. The second-order valence-corrected chi connectivity index (χ2v) is 3.63. The van der Waals surface area contributed by atoms with E-state index < -0.39 is 0 Å². The quantitative estimate of drug-likeness (QED) is 0.466. The molecular weight excluding hydrogens is 206 g/mol. The zero-order chi connectivity index (χ0) is 10.9. The maximum atomic E-state index is 4.06. The van der Waals surface area contributed by atoms with E-state index in [0.717, 1.165) is 5.17 Å². The van der Waals surface area contributed by atoms with Gasteiger partial charge in [0.05, 0.1) is 0 Å². The van der Waals surface area contributed by atoms with E-state index in [0.29, 0.717) is 0 Å². The summed E-state index contributed by atoms with van der Waals surface area (Å²) in [4.78, 5) is 4.06. The summed E-state index contributed by atoms with van der Waals surface area (Å²) in [6.07, 6.45) is 2.05. The lowest BCUT2D eigenvalue weighted by molar-refractivity contribution is 0.777. The van der Waals surface area contributed by atoms with E-state index >= 15 is 0 Å². The summed E-state index contributed by atoms with van der Waals surface area (Å²) in [6, 6.07) is 10.2. The molecule has 1 aromatic rings. The van der Waals surface area contributed by atoms with Gasteiger partial charge < -0.3 is 5.43 Å². The fraction of sp³-hybridized carbons (Fsp3) is 0.182. The van der Waals surface area contributed by atoms with Crippen LogP contribution in [0.4, 0.5) is 0 Å². The van der Waals surface area contributed by atoms with Gasteiger partial charge in [-0.2, -0.15) is 0 Å². The first-order valence-electron chi connectivity index (χ1n) is 4.64. The Morgan fingerprint density at radius 2 is 2.07 bits per heavy atom. The molecular formula is C11H15N3S. The van der Waals surface area contributed by atoms with Gasteiger partial charge in [0, 0.05) is 14.1 Å². The number of nitrogens with one attached hydrogen (secondary N) is 2. The number of hydrogen-bond donors (Lipinski definition) is 2. The molecule has 15 heavy (non-hydrogen) atoms. The number of nitrogens with zero attached hydrogens (tertiary/aromatic N) is 1. The minimum atomic E-state index is 0.838. The molecule has 0 aliphatic rings. The minimum Gasteiger partial charge on any atom is -0.301 e. The molecule has 0 saturated heterocycles. The molecule has 0 bridgehead atoms. The van der Waals surface area contributed by atoms with E-state index in [4.69, 9.17) is 0 Å². The zero-order valence-corrected chi connectivity index (χ0v) is 9.71. The predicted octanol–water partition coefficient (Wildman–Crippen LogP) is 2.10. The Labute approximate surface area is 94.7 Å². The molecule has 0 spiro atoms. The van der Waals surface area contributed by atoms with E-state index in [9.17, 15) is 0 Å². The van der Waals surface area contributed by atoms with Gasteiger partial charge in [-0.1, -0.05) is 42.1 Å². The molecule has 0 aliphatic heterocycles. The number of aliphatic imine (C=N–C) groups is 1. The fourth-order valence-corrected chi connectivity index (χ4v) is 1.61. The zero-order valence-electron chi connectivity index (χ0n) is 8.90. The Balaban J connectivity index is 2.46. The van der Waals surface area contributed by atoms with Gasteiger partial charge in [-0.05, 0) is 17.0 Å². The van der Waals surface area contributed by atoms with Crippen molar-refractivity contribution in [2.75, 3.05) is 14.1 Å². The van der Waals surface area contributed by atoms with Crippen LogP contribution in [0.2, 0.25) is 0 Å². The van der Waals surface area contributed by atoms with Gasteiger partial charge in [-0.3, -0.25) is 4.99 Å². The summed E-state index contributed by atoms with van der Waals surface area (Å²) < 4.78 is 0. The first-order valence-corrected chi connectivity index (χ1v) is 5.52. The molecule has 0 saturated carbocycles. The molecule has 0 unspecified atom stereocenters. The lowest BCUT2D eigenvalue weighted by atomic mass is 10.2. The van der Waals surface area contributed by atoms with E-state index in [1.807, 2.05) is 36.7 Å². The van der Waals surface area contributed by atoms with Crippen LogP contribution in [-0.2, 0) is 0 Å². The number of hydrazine groups is 1. The first kappa shape index (κ1) is 11.8. The van der Waals surface area contributed by atoms with Crippen LogP contribution in [0.3, 0.4) is 0 Å². The fourth-order valence-electron chi connectivity index (χ4n) is 0.986. The number of rotatable bonds is 3. The van der Waals surface area contributed by atoms with Crippen molar-refractivity contribution in [3.8, 4) is 0 Å². The van der Waals surface area contributed by atoms with Gasteiger partial charge >= 0.3 is 0 Å². The highest BCUT2D eigenvalue weighted by molar-refractivity contribution is 8.16. The van der Waals surface area contributed by atoms with E-state index in [1.165, 1.54) is 17.3 Å². The number of thioether (sulfide) groups is 1. The second kappa shape index (κ2) is 7.09. The van der Waals surface area contributed by atoms with Crippen molar-refractivity contribution in [3.05, 3.63) is 41.3 Å². The van der Waals surface area contributed by atoms with Crippen LogP contribution in [0.5, 0.6) is 0 Å². The van der Waals surface area contributed by atoms with Crippen LogP contribution in [-0.4, -0.2) is 19.3 Å². The molecule has 0 aromatic heterocycles. The molecule has 0 fully saturated rings. The monoisotopic (exact) mass is 221 g/mol. The van der Waals surface area contributed by atoms with Gasteiger partial charge in [0.25, 0.3) is 0 Å². The van der Waals surface area contributed by atoms with Crippen molar-refractivity contribution in [1.82, 2.24) is 10.9 Å². The lowest BCUT2D eigenvalue weighted by Gasteiger charge is -2.03. The SMILES string of the molecule is CN=C(NNC)S/C=C/c1ccccc1. The Morgan fingerprint density at radius 3 is 2.67 bits per heavy atom. The van der Waals surface area contributed by atoms with Gasteiger partial charge in [0.15, 0.2) is 5.17 Å². The second-order valence-electron chi connectivity index (χ2n) is 2.74. The van der Waals surface area contributed by atoms with E-state index in [1.54, 1.807) is 7.05 Å². The standard InChI is InChI=1S/C11H15N3S/c1-12-11(14-13-2)15-9-8-10-6-4-3-5-7-10/h3-9,13H,1-2H3,(H,12,14)/b9-8+. The molecule has 3 nitrogen and oxygen atoms in total. The van der Waals surface area contributed by atoms with Gasteiger partial charge in [0.2, 0.25) is 0 Å². The van der Waals surface area contributed by atoms with Crippen molar-refractivity contribution >= 4 is 23.0 Å². The molecule has 4 heteroatoms. The summed E-state index contributed by atoms with van der Waals surface area (Å²) in [6.45, 7) is 0. The topological polar surface area (TPSA) is 36.4 Å². The molecule has 2 N–H and O–H groups in total.